The van der Waals surface area contributed by atoms with E-state index in [4.69, 9.17) is 4.74 Å². The average Bonchev–Trinajstić information content (AvgIpc) is 3.29. The van der Waals surface area contributed by atoms with Gasteiger partial charge in [0.15, 0.2) is 17.5 Å². The number of aromatic nitrogens is 5. The van der Waals surface area contributed by atoms with Gasteiger partial charge in [0.05, 0.1) is 13.3 Å². The molecule has 0 unspecified atom stereocenters. The van der Waals surface area contributed by atoms with Crippen molar-refractivity contribution in [3.05, 3.63) is 61.1 Å². The molecule has 1 saturated heterocycles. The summed E-state index contributed by atoms with van der Waals surface area (Å²) in [4.78, 5) is 17.1. The molecule has 9 heteroatoms. The van der Waals surface area contributed by atoms with Crippen LogP contribution in [0.15, 0.2) is 55.2 Å². The number of fused-ring (bicyclic) bond motifs is 1. The smallest absolute Gasteiger partial charge is 0.191 e. The SMILES string of the molecule is COc1ccc(-c2ncnc(N3CCN(c4nccn5nccc45)CC3)c2F)cc1. The van der Waals surface area contributed by atoms with Crippen molar-refractivity contribution in [3.8, 4) is 17.0 Å². The lowest BCUT2D eigenvalue weighted by molar-refractivity contribution is 0.415. The van der Waals surface area contributed by atoms with E-state index in [0.717, 1.165) is 11.3 Å². The number of rotatable bonds is 4. The predicted molar refractivity (Wildman–Crippen MR) is 111 cm³/mol. The average molecular weight is 405 g/mol. The Morgan fingerprint density at radius 1 is 0.867 bits per heavy atom. The van der Waals surface area contributed by atoms with E-state index in [1.807, 2.05) is 17.2 Å². The van der Waals surface area contributed by atoms with E-state index in [0.29, 0.717) is 43.3 Å². The fourth-order valence-corrected chi connectivity index (χ4v) is 3.75. The number of nitrogens with zero attached hydrogens (tertiary/aromatic N) is 7. The maximum absolute atomic E-state index is 15.3. The zero-order chi connectivity index (χ0) is 20.5. The van der Waals surface area contributed by atoms with Gasteiger partial charge in [-0.05, 0) is 30.3 Å². The summed E-state index contributed by atoms with van der Waals surface area (Å²) in [5.41, 5.74) is 1.93. The highest BCUT2D eigenvalue weighted by Gasteiger charge is 2.24. The van der Waals surface area contributed by atoms with E-state index in [1.54, 1.807) is 48.3 Å². The fraction of sp³-hybridized carbons (Fsp3) is 0.238. The maximum Gasteiger partial charge on any atom is 0.191 e. The standard InChI is InChI=1S/C21H20FN7O/c1-30-16-4-2-15(3-5-16)19-18(22)21(25-14-24-19)28-12-10-27(11-13-28)20-17-6-7-26-29(17)9-8-23-20/h2-9,14H,10-13H2,1H3. The number of halogens is 1. The van der Waals surface area contributed by atoms with Crippen molar-refractivity contribution >= 4 is 17.2 Å². The van der Waals surface area contributed by atoms with Crippen molar-refractivity contribution in [2.24, 2.45) is 0 Å². The first-order valence-corrected chi connectivity index (χ1v) is 9.68. The van der Waals surface area contributed by atoms with Crippen molar-refractivity contribution in [1.29, 1.82) is 0 Å². The molecule has 3 aromatic heterocycles. The summed E-state index contributed by atoms with van der Waals surface area (Å²) >= 11 is 0. The molecule has 152 valence electrons. The lowest BCUT2D eigenvalue weighted by Crippen LogP contribution is -2.47. The zero-order valence-electron chi connectivity index (χ0n) is 16.4. The van der Waals surface area contributed by atoms with Crippen LogP contribution in [0.3, 0.4) is 0 Å². The maximum atomic E-state index is 15.3. The summed E-state index contributed by atoms with van der Waals surface area (Å²) < 4.78 is 22.3. The molecule has 5 rings (SSSR count). The third-order valence-electron chi connectivity index (χ3n) is 5.32. The van der Waals surface area contributed by atoms with Gasteiger partial charge in [-0.2, -0.15) is 5.10 Å². The van der Waals surface area contributed by atoms with E-state index < -0.39 is 5.82 Å². The summed E-state index contributed by atoms with van der Waals surface area (Å²) in [5.74, 6) is 1.52. The molecule has 4 aromatic rings. The molecular formula is C21H20FN7O. The molecule has 0 aliphatic carbocycles. The first-order valence-electron chi connectivity index (χ1n) is 9.68. The second-order valence-electron chi connectivity index (χ2n) is 6.97. The number of piperazine rings is 1. The molecule has 30 heavy (non-hydrogen) atoms. The molecule has 8 nitrogen and oxygen atoms in total. The normalized spacial score (nSPS) is 14.3. The second-order valence-corrected chi connectivity index (χ2v) is 6.97. The summed E-state index contributed by atoms with van der Waals surface area (Å²) in [6.45, 7) is 2.68. The number of hydrogen-bond acceptors (Lipinski definition) is 7. The molecular weight excluding hydrogens is 385 g/mol. The molecule has 1 aliphatic heterocycles. The van der Waals surface area contributed by atoms with Crippen LogP contribution < -0.4 is 14.5 Å². The molecule has 0 amide bonds. The van der Waals surface area contributed by atoms with Crippen LogP contribution in [0, 0.1) is 5.82 Å². The van der Waals surface area contributed by atoms with Crippen LogP contribution in [0.4, 0.5) is 16.0 Å². The fourth-order valence-electron chi connectivity index (χ4n) is 3.75. The van der Waals surface area contributed by atoms with Gasteiger partial charge in [-0.3, -0.25) is 0 Å². The third-order valence-corrected chi connectivity index (χ3v) is 5.32. The van der Waals surface area contributed by atoms with Crippen LogP contribution in [0.25, 0.3) is 16.8 Å². The Morgan fingerprint density at radius 2 is 1.60 bits per heavy atom. The molecule has 0 bridgehead atoms. The molecule has 0 atom stereocenters. The lowest BCUT2D eigenvalue weighted by atomic mass is 10.1. The third kappa shape index (κ3) is 3.18. The largest absolute Gasteiger partial charge is 0.497 e. The number of ether oxygens (including phenoxy) is 1. The van der Waals surface area contributed by atoms with Crippen LogP contribution in [-0.2, 0) is 0 Å². The van der Waals surface area contributed by atoms with Crippen LogP contribution in [0.1, 0.15) is 0 Å². The Morgan fingerprint density at radius 3 is 2.33 bits per heavy atom. The van der Waals surface area contributed by atoms with Crippen molar-refractivity contribution < 1.29 is 9.13 Å². The van der Waals surface area contributed by atoms with Gasteiger partial charge in [0, 0.05) is 44.1 Å². The van der Waals surface area contributed by atoms with Gasteiger partial charge in [0.2, 0.25) is 0 Å². The highest BCUT2D eigenvalue weighted by Crippen LogP contribution is 2.29. The number of benzene rings is 1. The summed E-state index contributed by atoms with van der Waals surface area (Å²) in [5, 5.41) is 4.26. The van der Waals surface area contributed by atoms with Crippen LogP contribution >= 0.6 is 0 Å². The van der Waals surface area contributed by atoms with Gasteiger partial charge in [-0.1, -0.05) is 0 Å². The Balaban J connectivity index is 1.37. The van der Waals surface area contributed by atoms with Gasteiger partial charge in [0.1, 0.15) is 23.3 Å². The molecule has 0 radical (unpaired) electrons. The van der Waals surface area contributed by atoms with Crippen molar-refractivity contribution in [2.45, 2.75) is 0 Å². The highest BCUT2D eigenvalue weighted by atomic mass is 19.1. The highest BCUT2D eigenvalue weighted by molar-refractivity contribution is 5.69. The van der Waals surface area contributed by atoms with E-state index >= 15 is 4.39 Å². The molecule has 1 aliphatic rings. The second kappa shape index (κ2) is 7.58. The van der Waals surface area contributed by atoms with E-state index in [9.17, 15) is 0 Å². The van der Waals surface area contributed by atoms with Gasteiger partial charge in [-0.25, -0.2) is 23.9 Å². The van der Waals surface area contributed by atoms with Gasteiger partial charge >= 0.3 is 0 Å². The minimum absolute atomic E-state index is 0.288. The van der Waals surface area contributed by atoms with E-state index in [2.05, 4.69) is 25.0 Å². The minimum Gasteiger partial charge on any atom is -0.497 e. The number of anilines is 2. The molecule has 0 saturated carbocycles. The number of methoxy groups -OCH3 is 1. The van der Waals surface area contributed by atoms with Crippen molar-refractivity contribution in [3.63, 3.8) is 0 Å². The van der Waals surface area contributed by atoms with Gasteiger partial charge in [-0.15, -0.1) is 0 Å². The molecule has 0 spiro atoms. The van der Waals surface area contributed by atoms with Gasteiger partial charge in [0.25, 0.3) is 0 Å². The molecule has 1 aromatic carbocycles. The minimum atomic E-state index is -0.410. The quantitative estimate of drug-likeness (QED) is 0.517. The zero-order valence-corrected chi connectivity index (χ0v) is 16.4. The van der Waals surface area contributed by atoms with E-state index in [1.165, 1.54) is 6.33 Å². The summed E-state index contributed by atoms with van der Waals surface area (Å²) in [7, 11) is 1.60. The van der Waals surface area contributed by atoms with Crippen molar-refractivity contribution in [1.82, 2.24) is 24.6 Å². The Hall–Kier alpha value is -3.75. The Labute approximate surface area is 172 Å². The van der Waals surface area contributed by atoms with Gasteiger partial charge < -0.3 is 14.5 Å². The molecule has 0 N–H and O–H groups in total. The summed E-state index contributed by atoms with van der Waals surface area (Å²) in [6.07, 6.45) is 6.74. The van der Waals surface area contributed by atoms with Crippen LogP contribution in [-0.4, -0.2) is 57.9 Å². The Bertz CT molecular complexity index is 1170. The number of hydrogen-bond donors (Lipinski definition) is 0. The molecule has 4 heterocycles. The topological polar surface area (TPSA) is 71.7 Å². The van der Waals surface area contributed by atoms with Crippen LogP contribution in [0.2, 0.25) is 0 Å². The molecule has 1 fully saturated rings. The first kappa shape index (κ1) is 18.3. The monoisotopic (exact) mass is 405 g/mol. The Kier molecular flexibility index (Phi) is 4.62. The lowest BCUT2D eigenvalue weighted by Gasteiger charge is -2.36. The summed E-state index contributed by atoms with van der Waals surface area (Å²) in [6, 6.07) is 9.12. The first-order chi connectivity index (χ1) is 14.7. The van der Waals surface area contributed by atoms with Crippen LogP contribution in [0.5, 0.6) is 5.75 Å². The van der Waals surface area contributed by atoms with Crippen molar-refractivity contribution in [2.75, 3.05) is 43.1 Å². The predicted octanol–water partition coefficient (Wildman–Crippen LogP) is 2.66. The van der Waals surface area contributed by atoms with E-state index in [-0.39, 0.29) is 5.69 Å².